The lowest BCUT2D eigenvalue weighted by Gasteiger charge is -2.00. The van der Waals surface area contributed by atoms with Crippen molar-refractivity contribution in [1.29, 1.82) is 0 Å². The van der Waals surface area contributed by atoms with Gasteiger partial charge in [0.15, 0.2) is 6.29 Å². The summed E-state index contributed by atoms with van der Waals surface area (Å²) >= 11 is 0. The summed E-state index contributed by atoms with van der Waals surface area (Å²) in [4.78, 5) is 10.0. The molecule has 0 rings (SSSR count). The monoisotopic (exact) mass is 293 g/mol. The molecule has 21 heavy (non-hydrogen) atoms. The number of allylic oxidation sites excluding steroid dienone is 2. The van der Waals surface area contributed by atoms with Crippen LogP contribution in [0.4, 0.5) is 0 Å². The molecular weight excluding hydrogens is 256 g/mol. The molecule has 0 bridgehead atoms. The van der Waals surface area contributed by atoms with Crippen LogP contribution < -0.4 is 0 Å². The first-order valence-electron chi connectivity index (χ1n) is 9.41. The van der Waals surface area contributed by atoms with Gasteiger partial charge in [-0.05, 0) is 32.1 Å². The van der Waals surface area contributed by atoms with Crippen LogP contribution in [0.15, 0.2) is 12.2 Å². The summed E-state index contributed by atoms with van der Waals surface area (Å²) in [5.74, 6) is 0. The van der Waals surface area contributed by atoms with E-state index in [1.165, 1.54) is 89.9 Å². The van der Waals surface area contributed by atoms with E-state index >= 15 is 0 Å². The van der Waals surface area contributed by atoms with E-state index in [0.717, 1.165) is 6.42 Å². The van der Waals surface area contributed by atoms with E-state index in [4.69, 9.17) is 0 Å². The average Bonchev–Trinajstić information content (AvgIpc) is 2.50. The highest BCUT2D eigenvalue weighted by molar-refractivity contribution is 5.50. The normalized spacial score (nSPS) is 11.3. The van der Waals surface area contributed by atoms with Gasteiger partial charge in [0.05, 0.1) is 0 Å². The third-order valence-electron chi connectivity index (χ3n) is 4.04. The largest absolute Gasteiger partial charge is 0.291 e. The second-order valence-corrected chi connectivity index (χ2v) is 6.19. The minimum atomic E-state index is 0.628. The number of hydrogen-bond acceptors (Lipinski definition) is 1. The molecule has 1 radical (unpaired) electrons. The Morgan fingerprint density at radius 2 is 1.05 bits per heavy atom. The third-order valence-corrected chi connectivity index (χ3v) is 4.04. The molecule has 0 fully saturated rings. The van der Waals surface area contributed by atoms with Gasteiger partial charge < -0.3 is 0 Å². The highest BCUT2D eigenvalue weighted by Gasteiger charge is 1.92. The standard InChI is InChI=1S/C20H37O/c1-2-3-4-5-6-7-8-9-10-11-12-13-14-15-16-17-18-19-20-21/h9-10H,2-8,11-19H2,1H3/b10-9-. The average molecular weight is 294 g/mol. The second-order valence-electron chi connectivity index (χ2n) is 6.19. The summed E-state index contributed by atoms with van der Waals surface area (Å²) in [5.41, 5.74) is 0. The summed E-state index contributed by atoms with van der Waals surface area (Å²) in [6.45, 7) is 2.27. The van der Waals surface area contributed by atoms with Crippen molar-refractivity contribution in [2.45, 2.75) is 110 Å². The zero-order chi connectivity index (χ0) is 15.4. The lowest BCUT2D eigenvalue weighted by Crippen LogP contribution is -1.81. The molecule has 0 spiro atoms. The van der Waals surface area contributed by atoms with Crippen LogP contribution in [0.1, 0.15) is 110 Å². The summed E-state index contributed by atoms with van der Waals surface area (Å²) in [7, 11) is 0. The van der Waals surface area contributed by atoms with Gasteiger partial charge in [-0.1, -0.05) is 83.3 Å². The molecule has 1 heteroatoms. The van der Waals surface area contributed by atoms with E-state index in [1.807, 2.05) is 6.29 Å². The lowest BCUT2D eigenvalue weighted by atomic mass is 10.1. The quantitative estimate of drug-likeness (QED) is 0.210. The number of hydrogen-bond donors (Lipinski definition) is 0. The zero-order valence-corrected chi connectivity index (χ0v) is 14.4. The van der Waals surface area contributed by atoms with Gasteiger partial charge in [0.2, 0.25) is 0 Å². The Morgan fingerprint density at radius 3 is 1.52 bits per heavy atom. The zero-order valence-electron chi connectivity index (χ0n) is 14.4. The molecule has 0 aliphatic rings. The van der Waals surface area contributed by atoms with E-state index in [-0.39, 0.29) is 0 Å². The molecule has 0 aliphatic heterocycles. The van der Waals surface area contributed by atoms with Crippen molar-refractivity contribution in [3.05, 3.63) is 12.2 Å². The minimum absolute atomic E-state index is 0.628. The van der Waals surface area contributed by atoms with Gasteiger partial charge in [0.25, 0.3) is 0 Å². The summed E-state index contributed by atoms with van der Waals surface area (Å²) < 4.78 is 0. The molecule has 0 aliphatic carbocycles. The maximum atomic E-state index is 10.0. The Kier molecular flexibility index (Phi) is 18.9. The first-order valence-corrected chi connectivity index (χ1v) is 9.41. The summed E-state index contributed by atoms with van der Waals surface area (Å²) in [6, 6.07) is 0. The SMILES string of the molecule is CCCCCCCC/C=C\CCCCCCCCC[C]=O. The highest BCUT2D eigenvalue weighted by Crippen LogP contribution is 2.10. The van der Waals surface area contributed by atoms with E-state index in [0.29, 0.717) is 6.42 Å². The number of unbranched alkanes of at least 4 members (excludes halogenated alkanes) is 14. The Bertz CT molecular complexity index is 220. The Morgan fingerprint density at radius 1 is 0.619 bits per heavy atom. The molecule has 0 heterocycles. The van der Waals surface area contributed by atoms with E-state index < -0.39 is 0 Å². The Balaban J connectivity index is 3.03. The van der Waals surface area contributed by atoms with E-state index in [9.17, 15) is 4.79 Å². The van der Waals surface area contributed by atoms with Gasteiger partial charge >= 0.3 is 0 Å². The molecule has 0 saturated carbocycles. The van der Waals surface area contributed by atoms with Gasteiger partial charge in [-0.3, -0.25) is 4.79 Å². The third kappa shape index (κ3) is 19.4. The summed E-state index contributed by atoms with van der Waals surface area (Å²) in [6.07, 6.45) is 27.2. The molecule has 123 valence electrons. The molecule has 0 aromatic rings. The van der Waals surface area contributed by atoms with Crippen molar-refractivity contribution in [1.82, 2.24) is 0 Å². The predicted octanol–water partition coefficient (Wildman–Crippen LogP) is 6.91. The van der Waals surface area contributed by atoms with Crippen LogP contribution in [-0.2, 0) is 4.79 Å². The molecule has 0 saturated heterocycles. The topological polar surface area (TPSA) is 17.1 Å². The fourth-order valence-corrected chi connectivity index (χ4v) is 2.62. The van der Waals surface area contributed by atoms with Crippen molar-refractivity contribution in [3.8, 4) is 0 Å². The van der Waals surface area contributed by atoms with Gasteiger partial charge in [-0.25, -0.2) is 0 Å². The van der Waals surface area contributed by atoms with Crippen molar-refractivity contribution < 1.29 is 4.79 Å². The van der Waals surface area contributed by atoms with Crippen LogP contribution in [0.5, 0.6) is 0 Å². The summed E-state index contributed by atoms with van der Waals surface area (Å²) in [5, 5.41) is 0. The Hall–Kier alpha value is -0.590. The predicted molar refractivity (Wildman–Crippen MR) is 94.4 cm³/mol. The molecule has 0 aromatic heterocycles. The van der Waals surface area contributed by atoms with Gasteiger partial charge in [-0.15, -0.1) is 0 Å². The smallest absolute Gasteiger partial charge is 0.198 e. The fourth-order valence-electron chi connectivity index (χ4n) is 2.62. The van der Waals surface area contributed by atoms with Gasteiger partial charge in [0.1, 0.15) is 0 Å². The molecular formula is C20H37O. The van der Waals surface area contributed by atoms with Crippen LogP contribution in [-0.4, -0.2) is 6.29 Å². The number of rotatable bonds is 17. The van der Waals surface area contributed by atoms with Crippen LogP contribution in [0.25, 0.3) is 0 Å². The maximum Gasteiger partial charge on any atom is 0.198 e. The van der Waals surface area contributed by atoms with Crippen LogP contribution in [0.3, 0.4) is 0 Å². The van der Waals surface area contributed by atoms with Gasteiger partial charge in [0, 0.05) is 6.42 Å². The molecule has 0 N–H and O–H groups in total. The second kappa shape index (κ2) is 19.4. The molecule has 0 atom stereocenters. The van der Waals surface area contributed by atoms with E-state index in [2.05, 4.69) is 19.1 Å². The fraction of sp³-hybridized carbons (Fsp3) is 0.850. The van der Waals surface area contributed by atoms with Crippen molar-refractivity contribution >= 4 is 6.29 Å². The van der Waals surface area contributed by atoms with Crippen LogP contribution >= 0.6 is 0 Å². The molecule has 0 unspecified atom stereocenters. The van der Waals surface area contributed by atoms with Crippen molar-refractivity contribution in [2.75, 3.05) is 0 Å². The first-order chi connectivity index (χ1) is 10.4. The van der Waals surface area contributed by atoms with E-state index in [1.54, 1.807) is 0 Å². The van der Waals surface area contributed by atoms with Crippen molar-refractivity contribution in [3.63, 3.8) is 0 Å². The van der Waals surface area contributed by atoms with Crippen LogP contribution in [0, 0.1) is 0 Å². The lowest BCUT2D eigenvalue weighted by molar-refractivity contribution is 0.540. The van der Waals surface area contributed by atoms with Crippen molar-refractivity contribution in [2.24, 2.45) is 0 Å². The highest BCUT2D eigenvalue weighted by atomic mass is 16.1. The maximum absolute atomic E-state index is 10.0. The van der Waals surface area contributed by atoms with Crippen LogP contribution in [0.2, 0.25) is 0 Å². The Labute approximate surface area is 133 Å². The molecule has 0 amide bonds. The molecule has 1 nitrogen and oxygen atoms in total. The minimum Gasteiger partial charge on any atom is -0.291 e. The first kappa shape index (κ1) is 20.4. The molecule has 0 aromatic carbocycles. The van der Waals surface area contributed by atoms with Gasteiger partial charge in [-0.2, -0.15) is 0 Å². The number of carbonyl (C=O) groups excluding carboxylic acids is 1.